The topological polar surface area (TPSA) is 57.7 Å². The minimum atomic E-state index is -3.48. The molecule has 0 aliphatic carbocycles. The molecule has 1 aliphatic rings. The molecule has 7 heteroatoms. The van der Waals surface area contributed by atoms with Crippen LogP contribution in [0.2, 0.25) is 0 Å². The molecule has 0 unspecified atom stereocenters. The molecule has 0 aromatic heterocycles. The van der Waals surface area contributed by atoms with Gasteiger partial charge in [-0.25, -0.2) is 8.42 Å². The largest absolute Gasteiger partial charge is 0.339 e. The summed E-state index contributed by atoms with van der Waals surface area (Å²) in [5.41, 5.74) is 3.27. The van der Waals surface area contributed by atoms with E-state index in [2.05, 4.69) is 25.1 Å². The van der Waals surface area contributed by atoms with Crippen molar-refractivity contribution in [3.63, 3.8) is 0 Å². The molecule has 1 aliphatic heterocycles. The molecular formula is C22H26N2O3S2. The maximum atomic E-state index is 12.5. The van der Waals surface area contributed by atoms with E-state index >= 15 is 0 Å². The average molecular weight is 431 g/mol. The van der Waals surface area contributed by atoms with Crippen LogP contribution in [0.5, 0.6) is 0 Å². The first kappa shape index (κ1) is 21.6. The number of sulfonamides is 1. The standard InChI is InChI=1S/C22H26N2O3S2/c1-19-6-5-9-21(16-19)17-28-18-22(25)23-11-13-24(14-12-23)29(26,27)15-10-20-7-3-2-4-8-20/h2-10,15-16H,11-14,17-18H2,1H3/b15-10+. The molecule has 154 valence electrons. The fourth-order valence-corrected chi connectivity index (χ4v) is 5.20. The van der Waals surface area contributed by atoms with Crippen molar-refractivity contribution in [3.8, 4) is 0 Å². The van der Waals surface area contributed by atoms with E-state index in [-0.39, 0.29) is 5.91 Å². The van der Waals surface area contributed by atoms with Crippen LogP contribution in [-0.2, 0) is 20.6 Å². The minimum Gasteiger partial charge on any atom is -0.339 e. The molecule has 0 radical (unpaired) electrons. The van der Waals surface area contributed by atoms with E-state index in [0.717, 1.165) is 11.3 Å². The summed E-state index contributed by atoms with van der Waals surface area (Å²) in [5, 5.41) is 1.25. The number of piperazine rings is 1. The number of hydrogen-bond donors (Lipinski definition) is 0. The number of nitrogens with zero attached hydrogens (tertiary/aromatic N) is 2. The van der Waals surface area contributed by atoms with Gasteiger partial charge in [0.2, 0.25) is 15.9 Å². The molecule has 1 fully saturated rings. The molecule has 0 spiro atoms. The summed E-state index contributed by atoms with van der Waals surface area (Å²) in [6.45, 7) is 3.58. The first-order chi connectivity index (χ1) is 13.9. The number of carbonyl (C=O) groups is 1. The Bertz CT molecular complexity index is 951. The van der Waals surface area contributed by atoms with Crippen LogP contribution in [0, 0.1) is 6.92 Å². The Kier molecular flexibility index (Phi) is 7.52. The van der Waals surface area contributed by atoms with Gasteiger partial charge in [0, 0.05) is 37.3 Å². The highest BCUT2D eigenvalue weighted by atomic mass is 32.2. The highest BCUT2D eigenvalue weighted by molar-refractivity contribution is 7.99. The van der Waals surface area contributed by atoms with Crippen molar-refractivity contribution in [2.75, 3.05) is 31.9 Å². The molecule has 2 aromatic rings. The van der Waals surface area contributed by atoms with E-state index in [0.29, 0.717) is 31.9 Å². The third-order valence-electron chi connectivity index (χ3n) is 4.76. The molecule has 3 rings (SSSR count). The lowest BCUT2D eigenvalue weighted by Gasteiger charge is -2.33. The van der Waals surface area contributed by atoms with Gasteiger partial charge in [-0.15, -0.1) is 11.8 Å². The summed E-state index contributed by atoms with van der Waals surface area (Å²) in [6, 6.07) is 17.6. The number of rotatable bonds is 7. The molecule has 5 nitrogen and oxygen atoms in total. The van der Waals surface area contributed by atoms with Gasteiger partial charge in [0.05, 0.1) is 5.75 Å². The minimum absolute atomic E-state index is 0.0690. The van der Waals surface area contributed by atoms with Crippen LogP contribution in [0.4, 0.5) is 0 Å². The lowest BCUT2D eigenvalue weighted by molar-refractivity contribution is -0.129. The van der Waals surface area contributed by atoms with Crippen molar-refractivity contribution in [3.05, 3.63) is 76.7 Å². The van der Waals surface area contributed by atoms with Gasteiger partial charge in [-0.05, 0) is 24.1 Å². The SMILES string of the molecule is Cc1cccc(CSCC(=O)N2CCN(S(=O)(=O)/C=C/c3ccccc3)CC2)c1. The molecule has 0 atom stereocenters. The second-order valence-electron chi connectivity index (χ2n) is 7.02. The van der Waals surface area contributed by atoms with Crippen molar-refractivity contribution >= 4 is 33.8 Å². The van der Waals surface area contributed by atoms with Gasteiger partial charge in [-0.1, -0.05) is 60.2 Å². The first-order valence-electron chi connectivity index (χ1n) is 9.58. The summed E-state index contributed by atoms with van der Waals surface area (Å²) in [7, 11) is -3.48. The number of benzene rings is 2. The van der Waals surface area contributed by atoms with E-state index in [1.54, 1.807) is 22.7 Å². The number of aryl methyl sites for hydroxylation is 1. The molecular weight excluding hydrogens is 404 g/mol. The lowest BCUT2D eigenvalue weighted by Crippen LogP contribution is -2.50. The second-order valence-corrected chi connectivity index (χ2v) is 9.82. The third-order valence-corrected chi connectivity index (χ3v) is 7.31. The fourth-order valence-electron chi connectivity index (χ4n) is 3.16. The maximum Gasteiger partial charge on any atom is 0.236 e. The van der Waals surface area contributed by atoms with Gasteiger partial charge in [0.15, 0.2) is 0 Å². The van der Waals surface area contributed by atoms with Crippen LogP contribution < -0.4 is 0 Å². The molecule has 1 saturated heterocycles. The highest BCUT2D eigenvalue weighted by Crippen LogP contribution is 2.16. The van der Waals surface area contributed by atoms with Crippen LogP contribution in [-0.4, -0.2) is 55.5 Å². The second kappa shape index (κ2) is 10.1. The van der Waals surface area contributed by atoms with Crippen molar-refractivity contribution in [2.24, 2.45) is 0 Å². The first-order valence-corrected chi connectivity index (χ1v) is 12.2. The van der Waals surface area contributed by atoms with Gasteiger partial charge < -0.3 is 4.90 Å². The van der Waals surface area contributed by atoms with E-state index < -0.39 is 10.0 Å². The Morgan fingerprint density at radius 3 is 2.45 bits per heavy atom. The van der Waals surface area contributed by atoms with Gasteiger partial charge in [0.1, 0.15) is 0 Å². The lowest BCUT2D eigenvalue weighted by atomic mass is 10.2. The van der Waals surface area contributed by atoms with Crippen LogP contribution >= 0.6 is 11.8 Å². The number of carbonyl (C=O) groups excluding carboxylic acids is 1. The maximum absolute atomic E-state index is 12.5. The quantitative estimate of drug-likeness (QED) is 0.676. The molecule has 0 bridgehead atoms. The Labute approximate surface area is 177 Å². The predicted octanol–water partition coefficient (Wildman–Crippen LogP) is 3.37. The number of amides is 1. The zero-order valence-corrected chi connectivity index (χ0v) is 18.2. The average Bonchev–Trinajstić information content (AvgIpc) is 2.73. The van der Waals surface area contributed by atoms with Crippen molar-refractivity contribution < 1.29 is 13.2 Å². The monoisotopic (exact) mass is 430 g/mol. The van der Waals surface area contributed by atoms with Crippen molar-refractivity contribution in [2.45, 2.75) is 12.7 Å². The van der Waals surface area contributed by atoms with Gasteiger partial charge in [0.25, 0.3) is 0 Å². The zero-order chi connectivity index (χ0) is 20.7. The molecule has 1 amide bonds. The third kappa shape index (κ3) is 6.45. The highest BCUT2D eigenvalue weighted by Gasteiger charge is 2.27. The summed E-state index contributed by atoms with van der Waals surface area (Å²) >= 11 is 1.59. The predicted molar refractivity (Wildman–Crippen MR) is 120 cm³/mol. The van der Waals surface area contributed by atoms with E-state index in [1.807, 2.05) is 36.4 Å². The Hall–Kier alpha value is -2.09. The summed E-state index contributed by atoms with van der Waals surface area (Å²) in [5.74, 6) is 1.28. The van der Waals surface area contributed by atoms with Gasteiger partial charge >= 0.3 is 0 Å². The molecule has 29 heavy (non-hydrogen) atoms. The van der Waals surface area contributed by atoms with Crippen LogP contribution in [0.3, 0.4) is 0 Å². The Balaban J connectivity index is 1.45. The summed E-state index contributed by atoms with van der Waals surface area (Å²) in [6.07, 6.45) is 1.61. The molecule has 1 heterocycles. The van der Waals surface area contributed by atoms with E-state index in [1.165, 1.54) is 20.8 Å². The Morgan fingerprint density at radius 2 is 1.76 bits per heavy atom. The number of thioether (sulfide) groups is 1. The zero-order valence-electron chi connectivity index (χ0n) is 16.5. The van der Waals surface area contributed by atoms with Crippen LogP contribution in [0.25, 0.3) is 6.08 Å². The van der Waals surface area contributed by atoms with Gasteiger partial charge in [-0.2, -0.15) is 4.31 Å². The van der Waals surface area contributed by atoms with E-state index in [9.17, 15) is 13.2 Å². The normalized spacial score (nSPS) is 15.7. The smallest absolute Gasteiger partial charge is 0.236 e. The summed E-state index contributed by atoms with van der Waals surface area (Å²) < 4.78 is 26.5. The Morgan fingerprint density at radius 1 is 1.03 bits per heavy atom. The summed E-state index contributed by atoms with van der Waals surface area (Å²) in [4.78, 5) is 14.2. The van der Waals surface area contributed by atoms with Crippen molar-refractivity contribution in [1.82, 2.24) is 9.21 Å². The van der Waals surface area contributed by atoms with Crippen molar-refractivity contribution in [1.29, 1.82) is 0 Å². The number of hydrogen-bond acceptors (Lipinski definition) is 4. The van der Waals surface area contributed by atoms with Crippen LogP contribution in [0.1, 0.15) is 16.7 Å². The fraction of sp³-hybridized carbons (Fsp3) is 0.318. The molecule has 0 saturated carbocycles. The molecule has 0 N–H and O–H groups in total. The van der Waals surface area contributed by atoms with Crippen LogP contribution in [0.15, 0.2) is 60.0 Å². The van der Waals surface area contributed by atoms with E-state index in [4.69, 9.17) is 0 Å². The molecule has 2 aromatic carbocycles. The van der Waals surface area contributed by atoms with Gasteiger partial charge in [-0.3, -0.25) is 4.79 Å².